The number of carbonyl (C=O) groups excluding carboxylic acids is 2. The molecule has 2 atom stereocenters. The molecule has 120 valence electrons. The molecule has 1 amide bonds. The Kier molecular flexibility index (Phi) is 5.87. The highest BCUT2D eigenvalue weighted by molar-refractivity contribution is 9.10. The maximum absolute atomic E-state index is 12.3. The number of piperidine rings is 1. The predicted molar refractivity (Wildman–Crippen MR) is 89.1 cm³/mol. The first-order chi connectivity index (χ1) is 10.4. The van der Waals surface area contributed by atoms with Crippen LogP contribution in [0, 0.1) is 0 Å². The Morgan fingerprint density at radius 3 is 2.59 bits per heavy atom. The van der Waals surface area contributed by atoms with Crippen LogP contribution in [0.25, 0.3) is 0 Å². The quantitative estimate of drug-likeness (QED) is 0.734. The van der Waals surface area contributed by atoms with Crippen LogP contribution in [0.5, 0.6) is 0 Å². The van der Waals surface area contributed by atoms with E-state index in [4.69, 9.17) is 16.3 Å². The van der Waals surface area contributed by atoms with Crippen LogP contribution in [0.1, 0.15) is 43.5 Å². The summed E-state index contributed by atoms with van der Waals surface area (Å²) in [6.07, 6.45) is 3.10. The second-order valence-corrected chi connectivity index (χ2v) is 6.95. The average Bonchev–Trinajstić information content (AvgIpc) is 2.47. The number of halogens is 2. The van der Waals surface area contributed by atoms with Crippen LogP contribution >= 0.6 is 27.5 Å². The Morgan fingerprint density at radius 2 is 1.95 bits per heavy atom. The van der Waals surface area contributed by atoms with Crippen molar-refractivity contribution in [3.05, 3.63) is 33.3 Å². The van der Waals surface area contributed by atoms with E-state index in [9.17, 15) is 9.59 Å². The lowest BCUT2D eigenvalue weighted by atomic mass is 9.97. The summed E-state index contributed by atoms with van der Waals surface area (Å²) < 4.78 is 5.87. The Balaban J connectivity index is 1.98. The first kappa shape index (κ1) is 17.3. The van der Waals surface area contributed by atoms with Crippen molar-refractivity contribution in [3.8, 4) is 0 Å². The van der Waals surface area contributed by atoms with Crippen LogP contribution in [0.15, 0.2) is 22.7 Å². The van der Waals surface area contributed by atoms with Gasteiger partial charge in [-0.2, -0.15) is 0 Å². The number of ether oxygens (including phenoxy) is 1. The van der Waals surface area contributed by atoms with Gasteiger partial charge >= 0.3 is 5.97 Å². The number of rotatable bonds is 3. The van der Waals surface area contributed by atoms with Gasteiger partial charge in [0.1, 0.15) is 0 Å². The van der Waals surface area contributed by atoms with Crippen molar-refractivity contribution in [1.82, 2.24) is 4.90 Å². The molecule has 2 rings (SSSR count). The predicted octanol–water partition coefficient (Wildman–Crippen LogP) is 4.05. The zero-order valence-corrected chi connectivity index (χ0v) is 15.0. The zero-order chi connectivity index (χ0) is 16.3. The van der Waals surface area contributed by atoms with Crippen molar-refractivity contribution in [1.29, 1.82) is 0 Å². The molecular weight excluding hydrogens is 370 g/mol. The fourth-order valence-electron chi connectivity index (χ4n) is 2.85. The lowest BCUT2D eigenvalue weighted by Crippen LogP contribution is -2.49. The van der Waals surface area contributed by atoms with E-state index < -0.39 is 5.97 Å². The van der Waals surface area contributed by atoms with E-state index in [0.717, 1.165) is 23.7 Å². The summed E-state index contributed by atoms with van der Waals surface area (Å²) in [6.45, 7) is 3.80. The van der Waals surface area contributed by atoms with Crippen molar-refractivity contribution < 1.29 is 14.3 Å². The lowest BCUT2D eigenvalue weighted by molar-refractivity contribution is -0.140. The molecule has 1 aliphatic heterocycles. The van der Waals surface area contributed by atoms with Gasteiger partial charge in [-0.3, -0.25) is 4.79 Å². The first-order valence-electron chi connectivity index (χ1n) is 7.33. The van der Waals surface area contributed by atoms with Gasteiger partial charge in [-0.1, -0.05) is 27.5 Å². The molecule has 1 fully saturated rings. The molecule has 6 heteroatoms. The molecule has 22 heavy (non-hydrogen) atoms. The normalized spacial score (nSPS) is 21.5. The van der Waals surface area contributed by atoms with Gasteiger partial charge in [0.25, 0.3) is 5.91 Å². The summed E-state index contributed by atoms with van der Waals surface area (Å²) in [5.74, 6) is -0.740. The number of benzene rings is 1. The third kappa shape index (κ3) is 4.02. The molecule has 0 saturated carbocycles. The van der Waals surface area contributed by atoms with Crippen molar-refractivity contribution in [3.63, 3.8) is 0 Å². The summed E-state index contributed by atoms with van der Waals surface area (Å²) in [5, 5.41) is 0.306. The number of likely N-dealkylation sites (tertiary alicyclic amines) is 1. The second kappa shape index (κ2) is 7.47. The number of hydrogen-bond acceptors (Lipinski definition) is 3. The van der Waals surface area contributed by atoms with E-state index in [2.05, 4.69) is 15.9 Å². The number of esters is 1. The van der Waals surface area contributed by atoms with Gasteiger partial charge in [0, 0.05) is 16.6 Å². The highest BCUT2D eigenvalue weighted by Crippen LogP contribution is 2.24. The minimum absolute atomic E-state index is 0.154. The van der Waals surface area contributed by atoms with E-state index in [1.54, 1.807) is 18.2 Å². The molecule has 0 radical (unpaired) electrons. The van der Waals surface area contributed by atoms with E-state index in [1.807, 2.05) is 18.7 Å². The van der Waals surface area contributed by atoms with Gasteiger partial charge in [-0.25, -0.2) is 4.79 Å². The van der Waals surface area contributed by atoms with Crippen LogP contribution in [-0.4, -0.2) is 35.5 Å². The lowest BCUT2D eigenvalue weighted by Gasteiger charge is -2.38. The minimum Gasteiger partial charge on any atom is -0.452 e. The summed E-state index contributed by atoms with van der Waals surface area (Å²) in [6, 6.07) is 5.30. The molecule has 0 spiro atoms. The van der Waals surface area contributed by atoms with Crippen molar-refractivity contribution in [2.45, 2.75) is 45.2 Å². The topological polar surface area (TPSA) is 46.6 Å². The van der Waals surface area contributed by atoms with Crippen molar-refractivity contribution >= 4 is 39.4 Å². The molecule has 1 aliphatic rings. The summed E-state index contributed by atoms with van der Waals surface area (Å²) in [4.78, 5) is 26.2. The van der Waals surface area contributed by atoms with Crippen LogP contribution < -0.4 is 0 Å². The maximum atomic E-state index is 12.3. The fourth-order valence-corrected chi connectivity index (χ4v) is 3.40. The van der Waals surface area contributed by atoms with Crippen LogP contribution in [0.3, 0.4) is 0 Å². The van der Waals surface area contributed by atoms with Crippen LogP contribution in [0.4, 0.5) is 0 Å². The third-order valence-corrected chi connectivity index (χ3v) is 4.78. The molecule has 0 aliphatic carbocycles. The van der Waals surface area contributed by atoms with E-state index in [-0.39, 0.29) is 30.2 Å². The highest BCUT2D eigenvalue weighted by Gasteiger charge is 2.29. The molecule has 0 aromatic heterocycles. The summed E-state index contributed by atoms with van der Waals surface area (Å²) >= 11 is 9.27. The van der Waals surface area contributed by atoms with Crippen molar-refractivity contribution in [2.75, 3.05) is 6.61 Å². The number of carbonyl (C=O) groups is 2. The SMILES string of the molecule is C[C@H]1CCC[C@H](C)N1C(=O)COC(=O)c1cc(Br)ccc1Cl. The maximum Gasteiger partial charge on any atom is 0.340 e. The standard InChI is InChI=1S/C16H19BrClNO3/c1-10-4-3-5-11(2)19(10)15(20)9-22-16(21)13-8-12(17)6-7-14(13)18/h6-8,10-11H,3-5,9H2,1-2H3/t10-,11-/m0/s1. The molecule has 1 aromatic rings. The van der Waals surface area contributed by atoms with Gasteiger partial charge in [0.05, 0.1) is 10.6 Å². The van der Waals surface area contributed by atoms with Crippen LogP contribution in [0.2, 0.25) is 5.02 Å². The molecule has 1 heterocycles. The molecule has 1 aromatic carbocycles. The third-order valence-electron chi connectivity index (χ3n) is 3.96. The molecule has 4 nitrogen and oxygen atoms in total. The Morgan fingerprint density at radius 1 is 1.32 bits per heavy atom. The van der Waals surface area contributed by atoms with Gasteiger partial charge in [-0.05, 0) is 51.3 Å². The van der Waals surface area contributed by atoms with Gasteiger partial charge in [0.15, 0.2) is 6.61 Å². The summed E-state index contributed by atoms with van der Waals surface area (Å²) in [5.41, 5.74) is 0.253. The van der Waals surface area contributed by atoms with E-state index in [1.165, 1.54) is 0 Å². The highest BCUT2D eigenvalue weighted by atomic mass is 79.9. The zero-order valence-electron chi connectivity index (χ0n) is 12.6. The van der Waals surface area contributed by atoms with Gasteiger partial charge < -0.3 is 9.64 Å². The molecule has 0 unspecified atom stereocenters. The Bertz CT molecular complexity index is 569. The van der Waals surface area contributed by atoms with Gasteiger partial charge in [0.2, 0.25) is 0 Å². The molecule has 0 N–H and O–H groups in total. The molecule has 0 bridgehead atoms. The number of hydrogen-bond donors (Lipinski definition) is 0. The largest absolute Gasteiger partial charge is 0.452 e. The van der Waals surface area contributed by atoms with Gasteiger partial charge in [-0.15, -0.1) is 0 Å². The molecule has 1 saturated heterocycles. The van der Waals surface area contributed by atoms with Crippen molar-refractivity contribution in [2.24, 2.45) is 0 Å². The first-order valence-corrected chi connectivity index (χ1v) is 8.50. The van der Waals surface area contributed by atoms with E-state index >= 15 is 0 Å². The molecular formula is C16H19BrClNO3. The minimum atomic E-state index is -0.586. The number of nitrogens with zero attached hydrogens (tertiary/aromatic N) is 1. The van der Waals surface area contributed by atoms with Crippen LogP contribution in [-0.2, 0) is 9.53 Å². The fraction of sp³-hybridized carbons (Fsp3) is 0.500. The number of amides is 1. The Hall–Kier alpha value is -1.07. The average molecular weight is 389 g/mol. The monoisotopic (exact) mass is 387 g/mol. The summed E-state index contributed by atoms with van der Waals surface area (Å²) in [7, 11) is 0. The van der Waals surface area contributed by atoms with E-state index in [0.29, 0.717) is 5.02 Å². The smallest absolute Gasteiger partial charge is 0.340 e. The Labute approximate surface area is 143 Å². The second-order valence-electron chi connectivity index (χ2n) is 5.63.